The Labute approximate surface area is 90.2 Å². The maximum Gasteiger partial charge on any atom is 0.339 e. The van der Waals surface area contributed by atoms with E-state index in [4.69, 9.17) is 4.74 Å². The molecule has 2 aliphatic rings. The number of rotatable bonds is 1. The number of esters is 1. The minimum Gasteiger partial charge on any atom is -0.467 e. The zero-order valence-electron chi connectivity index (χ0n) is 9.24. The lowest BCUT2D eigenvalue weighted by molar-refractivity contribution is -0.178. The predicted molar refractivity (Wildman–Crippen MR) is 55.4 cm³/mol. The third-order valence-electron chi connectivity index (χ3n) is 3.71. The third-order valence-corrected chi connectivity index (χ3v) is 3.71. The molecule has 4 nitrogen and oxygen atoms in total. The molecule has 2 rings (SSSR count). The summed E-state index contributed by atoms with van der Waals surface area (Å²) in [5.74, 6) is -0.459. The van der Waals surface area contributed by atoms with Crippen molar-refractivity contribution in [3.8, 4) is 0 Å². The van der Waals surface area contributed by atoms with Crippen LogP contribution in [0.5, 0.6) is 0 Å². The van der Waals surface area contributed by atoms with E-state index in [0.29, 0.717) is 6.42 Å². The molecule has 2 atom stereocenters. The number of hydrogen-bond donors (Lipinski definition) is 1. The molecule has 15 heavy (non-hydrogen) atoms. The summed E-state index contributed by atoms with van der Waals surface area (Å²) in [4.78, 5) is 13.9. The Morgan fingerprint density at radius 2 is 2.13 bits per heavy atom. The molecule has 0 aromatic rings. The summed E-state index contributed by atoms with van der Waals surface area (Å²) in [7, 11) is 1.35. The number of ether oxygens (including phenoxy) is 1. The Bertz CT molecular complexity index is 254. The Hall–Kier alpha value is -0.610. The van der Waals surface area contributed by atoms with Gasteiger partial charge >= 0.3 is 5.97 Å². The Morgan fingerprint density at radius 1 is 1.40 bits per heavy atom. The number of carbonyl (C=O) groups is 1. The monoisotopic (exact) mass is 213 g/mol. The molecule has 0 aromatic heterocycles. The van der Waals surface area contributed by atoms with Gasteiger partial charge in [-0.15, -0.1) is 0 Å². The van der Waals surface area contributed by atoms with E-state index in [-0.39, 0.29) is 6.04 Å². The molecular formula is C11H19NO3. The standard InChI is InChI=1S/C11H19NO3/c1-15-10(13)11(14)6-4-8-12-7-3-2-5-9(11)12/h9,14H,2-8H2,1H3. The second kappa shape index (κ2) is 4.10. The normalized spacial score (nSPS) is 37.1. The van der Waals surface area contributed by atoms with Crippen molar-refractivity contribution in [2.24, 2.45) is 0 Å². The second-order valence-electron chi connectivity index (χ2n) is 4.57. The fraction of sp³-hybridized carbons (Fsp3) is 0.909. The van der Waals surface area contributed by atoms with Gasteiger partial charge in [0.05, 0.1) is 7.11 Å². The minimum atomic E-state index is -1.26. The van der Waals surface area contributed by atoms with E-state index in [1.165, 1.54) is 13.5 Å². The number of methoxy groups -OCH3 is 1. The molecule has 0 amide bonds. The number of hydrogen-bond acceptors (Lipinski definition) is 4. The van der Waals surface area contributed by atoms with Crippen LogP contribution in [0.3, 0.4) is 0 Å². The van der Waals surface area contributed by atoms with Crippen molar-refractivity contribution < 1.29 is 14.6 Å². The van der Waals surface area contributed by atoms with Gasteiger partial charge in [0, 0.05) is 6.04 Å². The topological polar surface area (TPSA) is 49.8 Å². The van der Waals surface area contributed by atoms with Crippen LogP contribution in [-0.4, -0.2) is 47.8 Å². The summed E-state index contributed by atoms with van der Waals surface area (Å²) in [5.41, 5.74) is -1.26. The molecule has 0 spiro atoms. The average molecular weight is 213 g/mol. The van der Waals surface area contributed by atoms with Gasteiger partial charge < -0.3 is 9.84 Å². The molecular weight excluding hydrogens is 194 g/mol. The SMILES string of the molecule is COC(=O)C1(O)CCCN2CCCCC21. The highest BCUT2D eigenvalue weighted by atomic mass is 16.5. The number of carbonyl (C=O) groups excluding carboxylic acids is 1. The molecule has 86 valence electrons. The zero-order valence-corrected chi connectivity index (χ0v) is 9.24. The van der Waals surface area contributed by atoms with Gasteiger partial charge in [-0.25, -0.2) is 4.79 Å². The Balaban J connectivity index is 2.18. The van der Waals surface area contributed by atoms with Crippen LogP contribution in [0.4, 0.5) is 0 Å². The number of aliphatic hydroxyl groups is 1. The van der Waals surface area contributed by atoms with E-state index < -0.39 is 11.6 Å². The number of piperidine rings is 2. The summed E-state index contributed by atoms with van der Waals surface area (Å²) in [6.07, 6.45) is 4.60. The van der Waals surface area contributed by atoms with E-state index in [2.05, 4.69) is 4.90 Å². The molecule has 1 N–H and O–H groups in total. The van der Waals surface area contributed by atoms with Crippen LogP contribution >= 0.6 is 0 Å². The molecule has 2 heterocycles. The van der Waals surface area contributed by atoms with Gasteiger partial charge in [0.25, 0.3) is 0 Å². The van der Waals surface area contributed by atoms with Crippen molar-refractivity contribution in [3.63, 3.8) is 0 Å². The zero-order chi connectivity index (χ0) is 10.9. The first-order valence-corrected chi connectivity index (χ1v) is 5.73. The fourth-order valence-electron chi connectivity index (χ4n) is 2.93. The van der Waals surface area contributed by atoms with Crippen molar-refractivity contribution >= 4 is 5.97 Å². The smallest absolute Gasteiger partial charge is 0.339 e. The number of nitrogens with zero attached hydrogens (tertiary/aromatic N) is 1. The van der Waals surface area contributed by atoms with E-state index >= 15 is 0 Å². The molecule has 2 fully saturated rings. The van der Waals surface area contributed by atoms with E-state index in [0.717, 1.165) is 32.4 Å². The number of fused-ring (bicyclic) bond motifs is 1. The molecule has 2 unspecified atom stereocenters. The lowest BCUT2D eigenvalue weighted by Gasteiger charge is -2.47. The van der Waals surface area contributed by atoms with E-state index in [1.54, 1.807) is 0 Å². The third kappa shape index (κ3) is 1.76. The summed E-state index contributed by atoms with van der Waals surface area (Å²) < 4.78 is 4.73. The highest BCUT2D eigenvalue weighted by Crippen LogP contribution is 2.34. The van der Waals surface area contributed by atoms with Gasteiger partial charge in [-0.05, 0) is 38.8 Å². The molecule has 4 heteroatoms. The minimum absolute atomic E-state index is 0.0209. The summed E-state index contributed by atoms with van der Waals surface area (Å²) in [5, 5.41) is 10.4. The first-order valence-electron chi connectivity index (χ1n) is 5.73. The van der Waals surface area contributed by atoms with Gasteiger partial charge in [-0.2, -0.15) is 0 Å². The maximum atomic E-state index is 11.6. The largest absolute Gasteiger partial charge is 0.467 e. The van der Waals surface area contributed by atoms with Gasteiger partial charge in [0.2, 0.25) is 0 Å². The summed E-state index contributed by atoms with van der Waals surface area (Å²) in [6.45, 7) is 2.01. The van der Waals surface area contributed by atoms with Crippen LogP contribution < -0.4 is 0 Å². The molecule has 0 aliphatic carbocycles. The van der Waals surface area contributed by atoms with Crippen molar-refractivity contribution in [1.29, 1.82) is 0 Å². The lowest BCUT2D eigenvalue weighted by atomic mass is 9.79. The van der Waals surface area contributed by atoms with Gasteiger partial charge in [0.15, 0.2) is 5.60 Å². The van der Waals surface area contributed by atoms with Crippen molar-refractivity contribution in [2.45, 2.75) is 43.7 Å². The second-order valence-corrected chi connectivity index (χ2v) is 4.57. The molecule has 0 saturated carbocycles. The highest BCUT2D eigenvalue weighted by Gasteiger charge is 2.50. The van der Waals surface area contributed by atoms with E-state index in [1.807, 2.05) is 0 Å². The van der Waals surface area contributed by atoms with Crippen LogP contribution in [0, 0.1) is 0 Å². The highest BCUT2D eigenvalue weighted by molar-refractivity contribution is 5.80. The van der Waals surface area contributed by atoms with Crippen molar-refractivity contribution in [3.05, 3.63) is 0 Å². The van der Waals surface area contributed by atoms with Gasteiger partial charge in [-0.3, -0.25) is 4.90 Å². The van der Waals surface area contributed by atoms with Gasteiger partial charge in [0.1, 0.15) is 0 Å². The molecule has 0 bridgehead atoms. The first kappa shape index (κ1) is 10.9. The maximum absolute atomic E-state index is 11.6. The Morgan fingerprint density at radius 3 is 2.87 bits per heavy atom. The van der Waals surface area contributed by atoms with Crippen LogP contribution in [0.15, 0.2) is 0 Å². The van der Waals surface area contributed by atoms with Crippen LogP contribution in [0.2, 0.25) is 0 Å². The Kier molecular flexibility index (Phi) is 2.98. The molecule has 2 saturated heterocycles. The van der Waals surface area contributed by atoms with E-state index in [9.17, 15) is 9.90 Å². The predicted octanol–water partition coefficient (Wildman–Crippen LogP) is 0.539. The summed E-state index contributed by atoms with van der Waals surface area (Å²) in [6, 6.07) is -0.0209. The van der Waals surface area contributed by atoms with Crippen LogP contribution in [0.1, 0.15) is 32.1 Å². The lowest BCUT2D eigenvalue weighted by Crippen LogP contribution is -2.62. The first-order chi connectivity index (χ1) is 7.18. The van der Waals surface area contributed by atoms with Crippen molar-refractivity contribution in [1.82, 2.24) is 4.90 Å². The van der Waals surface area contributed by atoms with Crippen LogP contribution in [0.25, 0.3) is 0 Å². The average Bonchev–Trinajstić information content (AvgIpc) is 2.28. The van der Waals surface area contributed by atoms with Gasteiger partial charge in [-0.1, -0.05) is 6.42 Å². The quantitative estimate of drug-likeness (QED) is 0.646. The van der Waals surface area contributed by atoms with Crippen molar-refractivity contribution in [2.75, 3.05) is 20.2 Å². The molecule has 0 aromatic carbocycles. The summed E-state index contributed by atoms with van der Waals surface area (Å²) >= 11 is 0. The fourth-order valence-corrected chi connectivity index (χ4v) is 2.93. The molecule has 2 aliphatic heterocycles. The van der Waals surface area contributed by atoms with Crippen LogP contribution in [-0.2, 0) is 9.53 Å². The molecule has 0 radical (unpaired) electrons.